The molecule has 1 N–H and O–H groups in total. The topological polar surface area (TPSA) is 62.3 Å². The first kappa shape index (κ1) is 18.2. The number of carbonyl (C=O) groups excluding carboxylic acids is 2. The second-order valence-corrected chi connectivity index (χ2v) is 8.71. The number of hydrogen-bond acceptors (Lipinski definition) is 5. The van der Waals surface area contributed by atoms with Gasteiger partial charge < -0.3 is 10.2 Å². The number of hydrogen-bond donors (Lipinski definition) is 1. The van der Waals surface area contributed by atoms with Gasteiger partial charge in [0.1, 0.15) is 10.7 Å². The Hall–Kier alpha value is -2.22. The first-order valence-corrected chi connectivity index (χ1v) is 10.6. The summed E-state index contributed by atoms with van der Waals surface area (Å²) < 4.78 is 0.699. The Bertz CT molecular complexity index is 981. The van der Waals surface area contributed by atoms with Crippen LogP contribution >= 0.6 is 34.3 Å². The normalized spacial score (nSPS) is 14.0. The van der Waals surface area contributed by atoms with Crippen molar-refractivity contribution in [1.82, 2.24) is 10.3 Å². The zero-order valence-corrected chi connectivity index (χ0v) is 16.7. The fourth-order valence-corrected chi connectivity index (χ4v) is 4.82. The Labute approximate surface area is 169 Å². The third kappa shape index (κ3) is 4.05. The zero-order valence-electron chi connectivity index (χ0n) is 14.3. The van der Waals surface area contributed by atoms with E-state index in [1.165, 1.54) is 22.7 Å². The van der Waals surface area contributed by atoms with Crippen molar-refractivity contribution in [1.29, 1.82) is 0 Å². The third-order valence-electron chi connectivity index (χ3n) is 4.30. The standard InChI is InChI=1S/C19H16ClN3O2S2/c20-16-8-7-15(27-16)19-22-14(11-26-19)18(25)21-10-12-3-5-13(6-4-12)23-9-1-2-17(23)24/h3-8,11H,1-2,9-10H2,(H,21,25). The van der Waals surface area contributed by atoms with Gasteiger partial charge in [-0.3, -0.25) is 9.59 Å². The van der Waals surface area contributed by atoms with Gasteiger partial charge in [-0.1, -0.05) is 23.7 Å². The van der Waals surface area contributed by atoms with E-state index < -0.39 is 0 Å². The number of thiazole rings is 1. The van der Waals surface area contributed by atoms with Crippen LogP contribution < -0.4 is 10.2 Å². The number of halogens is 1. The molecule has 0 unspecified atom stereocenters. The largest absolute Gasteiger partial charge is 0.347 e. The Morgan fingerprint density at radius 3 is 2.70 bits per heavy atom. The number of carbonyl (C=O) groups is 2. The van der Waals surface area contributed by atoms with E-state index in [0.29, 0.717) is 23.0 Å². The highest BCUT2D eigenvalue weighted by molar-refractivity contribution is 7.23. The summed E-state index contributed by atoms with van der Waals surface area (Å²) in [6.07, 6.45) is 1.52. The van der Waals surface area contributed by atoms with Crippen molar-refractivity contribution < 1.29 is 9.59 Å². The molecular weight excluding hydrogens is 402 g/mol. The molecule has 3 heterocycles. The predicted molar refractivity (Wildman–Crippen MR) is 110 cm³/mol. The summed E-state index contributed by atoms with van der Waals surface area (Å²) in [6.45, 7) is 1.18. The van der Waals surface area contributed by atoms with E-state index in [1.807, 2.05) is 36.4 Å². The van der Waals surface area contributed by atoms with E-state index in [2.05, 4.69) is 10.3 Å². The SMILES string of the molecule is O=C(NCc1ccc(N2CCCC2=O)cc1)c1csc(-c2ccc(Cl)s2)n1. The van der Waals surface area contributed by atoms with Gasteiger partial charge in [-0.05, 0) is 36.2 Å². The lowest BCUT2D eigenvalue weighted by atomic mass is 10.2. The summed E-state index contributed by atoms with van der Waals surface area (Å²) in [4.78, 5) is 31.3. The molecule has 138 valence electrons. The van der Waals surface area contributed by atoms with Crippen LogP contribution in [0.25, 0.3) is 9.88 Å². The number of nitrogens with one attached hydrogen (secondary N) is 1. The molecule has 1 aliphatic heterocycles. The van der Waals surface area contributed by atoms with E-state index in [0.717, 1.165) is 34.1 Å². The summed E-state index contributed by atoms with van der Waals surface area (Å²) in [6, 6.07) is 11.4. The molecule has 5 nitrogen and oxygen atoms in total. The maximum absolute atomic E-state index is 12.3. The number of benzene rings is 1. The van der Waals surface area contributed by atoms with Gasteiger partial charge in [-0.25, -0.2) is 4.98 Å². The minimum atomic E-state index is -0.209. The molecule has 4 rings (SSSR count). The summed E-state index contributed by atoms with van der Waals surface area (Å²) in [5, 5.41) is 5.42. The Morgan fingerprint density at radius 2 is 2.04 bits per heavy atom. The Morgan fingerprint density at radius 1 is 1.22 bits per heavy atom. The Balaban J connectivity index is 1.36. The molecule has 27 heavy (non-hydrogen) atoms. The summed E-state index contributed by atoms with van der Waals surface area (Å²) >= 11 is 8.82. The lowest BCUT2D eigenvalue weighted by Gasteiger charge is -2.16. The van der Waals surface area contributed by atoms with Gasteiger partial charge in [0.2, 0.25) is 5.91 Å². The second kappa shape index (κ2) is 7.80. The first-order chi connectivity index (χ1) is 13.1. The molecule has 8 heteroatoms. The number of rotatable bonds is 5. The van der Waals surface area contributed by atoms with E-state index >= 15 is 0 Å². The van der Waals surface area contributed by atoms with Gasteiger partial charge >= 0.3 is 0 Å². The van der Waals surface area contributed by atoms with Crippen LogP contribution in [-0.2, 0) is 11.3 Å². The lowest BCUT2D eigenvalue weighted by Crippen LogP contribution is -2.24. The first-order valence-electron chi connectivity index (χ1n) is 8.49. The Kier molecular flexibility index (Phi) is 5.24. The molecule has 0 atom stereocenters. The monoisotopic (exact) mass is 417 g/mol. The van der Waals surface area contributed by atoms with Crippen LogP contribution in [0.2, 0.25) is 4.34 Å². The minimum Gasteiger partial charge on any atom is -0.347 e. The zero-order chi connectivity index (χ0) is 18.8. The highest BCUT2D eigenvalue weighted by Crippen LogP contribution is 2.32. The number of aromatic nitrogens is 1. The predicted octanol–water partition coefficient (Wildman–Crippen LogP) is 4.58. The van der Waals surface area contributed by atoms with Crippen LogP contribution in [0, 0.1) is 0 Å². The summed E-state index contributed by atoms with van der Waals surface area (Å²) in [5.74, 6) is -0.0404. The molecule has 0 saturated carbocycles. The number of amides is 2. The molecule has 2 amide bonds. The van der Waals surface area contributed by atoms with Gasteiger partial charge in [0.25, 0.3) is 5.91 Å². The van der Waals surface area contributed by atoms with Crippen LogP contribution in [0.4, 0.5) is 5.69 Å². The number of anilines is 1. The van der Waals surface area contributed by atoms with Crippen LogP contribution in [0.15, 0.2) is 41.8 Å². The van der Waals surface area contributed by atoms with Crippen molar-refractivity contribution in [2.45, 2.75) is 19.4 Å². The summed E-state index contributed by atoms with van der Waals surface area (Å²) in [5.41, 5.74) is 2.28. The average molecular weight is 418 g/mol. The van der Waals surface area contributed by atoms with Crippen LogP contribution in [-0.4, -0.2) is 23.3 Å². The van der Waals surface area contributed by atoms with Crippen LogP contribution in [0.1, 0.15) is 28.9 Å². The fraction of sp³-hybridized carbons (Fsp3) is 0.211. The van der Waals surface area contributed by atoms with Crippen molar-refractivity contribution in [2.24, 2.45) is 0 Å². The molecule has 0 radical (unpaired) electrons. The molecule has 0 spiro atoms. The van der Waals surface area contributed by atoms with Gasteiger partial charge in [0.05, 0.1) is 9.21 Å². The van der Waals surface area contributed by atoms with Crippen molar-refractivity contribution in [2.75, 3.05) is 11.4 Å². The molecule has 1 aromatic carbocycles. The van der Waals surface area contributed by atoms with Crippen molar-refractivity contribution >= 4 is 51.8 Å². The molecule has 0 bridgehead atoms. The lowest BCUT2D eigenvalue weighted by molar-refractivity contribution is -0.117. The molecule has 1 fully saturated rings. The summed E-state index contributed by atoms with van der Waals surface area (Å²) in [7, 11) is 0. The highest BCUT2D eigenvalue weighted by Gasteiger charge is 2.21. The average Bonchev–Trinajstić information content (AvgIpc) is 3.41. The van der Waals surface area contributed by atoms with Crippen molar-refractivity contribution in [3.05, 3.63) is 57.4 Å². The van der Waals surface area contributed by atoms with Crippen LogP contribution in [0.5, 0.6) is 0 Å². The molecule has 1 saturated heterocycles. The van der Waals surface area contributed by atoms with Crippen molar-refractivity contribution in [3.8, 4) is 9.88 Å². The minimum absolute atomic E-state index is 0.169. The quantitative estimate of drug-likeness (QED) is 0.660. The maximum Gasteiger partial charge on any atom is 0.271 e. The molecule has 0 aliphatic carbocycles. The van der Waals surface area contributed by atoms with E-state index in [4.69, 9.17) is 11.6 Å². The second-order valence-electron chi connectivity index (χ2n) is 6.14. The molecule has 3 aromatic rings. The molecule has 2 aromatic heterocycles. The van der Waals surface area contributed by atoms with E-state index in [1.54, 1.807) is 10.3 Å². The van der Waals surface area contributed by atoms with Gasteiger partial charge in [-0.2, -0.15) is 0 Å². The highest BCUT2D eigenvalue weighted by atomic mass is 35.5. The van der Waals surface area contributed by atoms with Crippen LogP contribution in [0.3, 0.4) is 0 Å². The number of thiophene rings is 1. The van der Waals surface area contributed by atoms with Crippen molar-refractivity contribution in [3.63, 3.8) is 0 Å². The van der Waals surface area contributed by atoms with E-state index in [-0.39, 0.29) is 11.8 Å². The smallest absolute Gasteiger partial charge is 0.271 e. The maximum atomic E-state index is 12.3. The van der Waals surface area contributed by atoms with Gasteiger partial charge in [0.15, 0.2) is 0 Å². The molecule has 1 aliphatic rings. The van der Waals surface area contributed by atoms with Gasteiger partial charge in [0, 0.05) is 30.6 Å². The fourth-order valence-electron chi connectivity index (χ4n) is 2.91. The third-order valence-corrected chi connectivity index (χ3v) is 6.54. The molecular formula is C19H16ClN3O2S2. The van der Waals surface area contributed by atoms with E-state index in [9.17, 15) is 9.59 Å². The van der Waals surface area contributed by atoms with Gasteiger partial charge in [-0.15, -0.1) is 22.7 Å². The number of nitrogens with zero attached hydrogens (tertiary/aromatic N) is 2.